The van der Waals surface area contributed by atoms with Crippen LogP contribution in [-0.4, -0.2) is 30.6 Å². The van der Waals surface area contributed by atoms with Gasteiger partial charge in [-0.25, -0.2) is 0 Å². The fraction of sp³-hybridized carbons (Fsp3) is 0.526. The van der Waals surface area contributed by atoms with Gasteiger partial charge in [0.15, 0.2) is 18.1 Å². The summed E-state index contributed by atoms with van der Waals surface area (Å²) in [7, 11) is 0. The standard InChI is InChI=1S/C19H19F2NO6/c20-19(21)27-14-5-4-13(8-15(14)28-19)22-16(23)9-26-18(25)12-6-10-2-1-3-11(7-12)17(10)24/h4-5,8,10-12H,1-3,6-7,9H2,(H,22,23)/t10-,11+,12?. The molecular weight excluding hydrogens is 376 g/mol. The van der Waals surface area contributed by atoms with Gasteiger partial charge in [0.1, 0.15) is 5.78 Å². The lowest BCUT2D eigenvalue weighted by Crippen LogP contribution is -2.40. The number of hydrogen-bond donors (Lipinski definition) is 1. The highest BCUT2D eigenvalue weighted by molar-refractivity contribution is 5.93. The summed E-state index contributed by atoms with van der Waals surface area (Å²) in [4.78, 5) is 36.4. The summed E-state index contributed by atoms with van der Waals surface area (Å²) in [6, 6.07) is 3.82. The van der Waals surface area contributed by atoms with Crippen LogP contribution in [0.15, 0.2) is 18.2 Å². The number of benzene rings is 1. The minimum Gasteiger partial charge on any atom is -0.455 e. The molecule has 1 aromatic carbocycles. The zero-order valence-electron chi connectivity index (χ0n) is 14.9. The van der Waals surface area contributed by atoms with Gasteiger partial charge in [-0.05, 0) is 37.8 Å². The number of anilines is 1. The fourth-order valence-corrected chi connectivity index (χ4v) is 4.15. The van der Waals surface area contributed by atoms with Gasteiger partial charge >= 0.3 is 12.3 Å². The zero-order chi connectivity index (χ0) is 19.9. The highest BCUT2D eigenvalue weighted by Gasteiger charge is 2.44. The van der Waals surface area contributed by atoms with Crippen LogP contribution in [0.3, 0.4) is 0 Å². The molecule has 150 valence electrons. The predicted octanol–water partition coefficient (Wildman–Crippen LogP) is 2.89. The second-order valence-electron chi connectivity index (χ2n) is 7.38. The lowest BCUT2D eigenvalue weighted by molar-refractivity contribution is -0.286. The van der Waals surface area contributed by atoms with E-state index in [1.165, 1.54) is 18.2 Å². The number of hydrogen-bond acceptors (Lipinski definition) is 6. The van der Waals surface area contributed by atoms with Crippen LogP contribution in [-0.2, 0) is 19.1 Å². The molecule has 0 radical (unpaired) electrons. The maximum Gasteiger partial charge on any atom is 0.586 e. The summed E-state index contributed by atoms with van der Waals surface area (Å²) in [6.45, 7) is -0.497. The van der Waals surface area contributed by atoms with Crippen molar-refractivity contribution < 1.29 is 37.4 Å². The van der Waals surface area contributed by atoms with E-state index in [9.17, 15) is 23.2 Å². The van der Waals surface area contributed by atoms with Gasteiger partial charge in [-0.3, -0.25) is 14.4 Å². The number of halogens is 2. The van der Waals surface area contributed by atoms with E-state index in [1.54, 1.807) is 0 Å². The van der Waals surface area contributed by atoms with Crippen molar-refractivity contribution in [2.45, 2.75) is 38.4 Å². The van der Waals surface area contributed by atoms with Crippen molar-refractivity contribution in [2.24, 2.45) is 17.8 Å². The lowest BCUT2D eigenvalue weighted by atomic mass is 9.67. The average molecular weight is 395 g/mol. The van der Waals surface area contributed by atoms with E-state index in [2.05, 4.69) is 14.8 Å². The van der Waals surface area contributed by atoms with Crippen molar-refractivity contribution in [3.8, 4) is 11.5 Å². The zero-order valence-corrected chi connectivity index (χ0v) is 14.9. The highest BCUT2D eigenvalue weighted by Crippen LogP contribution is 2.42. The van der Waals surface area contributed by atoms with Gasteiger partial charge in [0.05, 0.1) is 5.92 Å². The normalized spacial score (nSPS) is 27.2. The first-order valence-corrected chi connectivity index (χ1v) is 9.21. The van der Waals surface area contributed by atoms with Crippen molar-refractivity contribution >= 4 is 23.3 Å². The summed E-state index contributed by atoms with van der Waals surface area (Å²) in [5.41, 5.74) is 0.207. The molecule has 1 N–H and O–H groups in total. The van der Waals surface area contributed by atoms with Crippen molar-refractivity contribution in [1.82, 2.24) is 0 Å². The van der Waals surface area contributed by atoms with E-state index in [1.807, 2.05) is 0 Å². The van der Waals surface area contributed by atoms with E-state index in [0.29, 0.717) is 12.8 Å². The first-order valence-electron chi connectivity index (χ1n) is 9.21. The Bertz CT molecular complexity index is 811. The molecule has 1 heterocycles. The first-order chi connectivity index (χ1) is 13.3. The summed E-state index contributed by atoms with van der Waals surface area (Å²) in [5.74, 6) is -1.69. The molecule has 1 aliphatic heterocycles. The van der Waals surface area contributed by atoms with Crippen molar-refractivity contribution in [1.29, 1.82) is 0 Å². The quantitative estimate of drug-likeness (QED) is 0.789. The van der Waals surface area contributed by atoms with Crippen LogP contribution in [0, 0.1) is 17.8 Å². The lowest BCUT2D eigenvalue weighted by Gasteiger charge is -2.36. The molecule has 2 bridgehead atoms. The number of ether oxygens (including phenoxy) is 3. The Balaban J connectivity index is 1.28. The Labute approximate surface area is 159 Å². The summed E-state index contributed by atoms with van der Waals surface area (Å²) in [6.07, 6.45) is -0.156. The van der Waals surface area contributed by atoms with Crippen molar-refractivity contribution in [3.05, 3.63) is 18.2 Å². The topological polar surface area (TPSA) is 90.9 Å². The smallest absolute Gasteiger partial charge is 0.455 e. The molecular formula is C19H19F2NO6. The molecule has 0 saturated heterocycles. The van der Waals surface area contributed by atoms with Gasteiger partial charge in [0, 0.05) is 23.6 Å². The molecule has 2 saturated carbocycles. The fourth-order valence-electron chi connectivity index (χ4n) is 4.15. The minimum absolute atomic E-state index is 0.0781. The molecule has 7 nitrogen and oxygen atoms in total. The largest absolute Gasteiger partial charge is 0.586 e. The number of ketones is 1. The van der Waals surface area contributed by atoms with Gasteiger partial charge in [-0.1, -0.05) is 6.42 Å². The van der Waals surface area contributed by atoms with Crippen LogP contribution in [0.25, 0.3) is 0 Å². The van der Waals surface area contributed by atoms with Crippen LogP contribution in [0.5, 0.6) is 11.5 Å². The molecule has 3 atom stereocenters. The monoisotopic (exact) mass is 395 g/mol. The van der Waals surface area contributed by atoms with Crippen LogP contribution in [0.1, 0.15) is 32.1 Å². The molecule has 2 aliphatic carbocycles. The van der Waals surface area contributed by atoms with Crippen LogP contribution < -0.4 is 14.8 Å². The molecule has 3 aliphatic rings. The first kappa shape index (κ1) is 18.6. The highest BCUT2D eigenvalue weighted by atomic mass is 19.3. The van der Waals surface area contributed by atoms with E-state index in [0.717, 1.165) is 19.3 Å². The maximum absolute atomic E-state index is 13.0. The Morgan fingerprint density at radius 2 is 1.82 bits per heavy atom. The molecule has 0 aromatic heterocycles. The summed E-state index contributed by atoms with van der Waals surface area (Å²) in [5, 5.41) is 2.45. The predicted molar refractivity (Wildman–Crippen MR) is 90.8 cm³/mol. The third-order valence-corrected chi connectivity index (χ3v) is 5.41. The maximum atomic E-state index is 13.0. The van der Waals surface area contributed by atoms with E-state index in [-0.39, 0.29) is 40.7 Å². The summed E-state index contributed by atoms with van der Waals surface area (Å²) < 4.78 is 39.7. The van der Waals surface area contributed by atoms with Gasteiger partial charge in [0.25, 0.3) is 5.91 Å². The molecule has 2 fully saturated rings. The third-order valence-electron chi connectivity index (χ3n) is 5.41. The van der Waals surface area contributed by atoms with Crippen LogP contribution in [0.4, 0.5) is 14.5 Å². The number of esters is 1. The van der Waals surface area contributed by atoms with Crippen molar-refractivity contribution in [3.63, 3.8) is 0 Å². The van der Waals surface area contributed by atoms with Crippen molar-refractivity contribution in [2.75, 3.05) is 11.9 Å². The van der Waals surface area contributed by atoms with E-state index in [4.69, 9.17) is 4.74 Å². The number of amides is 1. The molecule has 9 heteroatoms. The molecule has 1 amide bonds. The third kappa shape index (κ3) is 3.79. The number of carbonyl (C=O) groups excluding carboxylic acids is 3. The molecule has 0 spiro atoms. The number of carbonyl (C=O) groups is 3. The Hall–Kier alpha value is -2.71. The van der Waals surface area contributed by atoms with Crippen LogP contribution >= 0.6 is 0 Å². The van der Waals surface area contributed by atoms with Crippen LogP contribution in [0.2, 0.25) is 0 Å². The Morgan fingerprint density at radius 3 is 2.54 bits per heavy atom. The molecule has 1 aromatic rings. The second-order valence-corrected chi connectivity index (χ2v) is 7.38. The number of Topliss-reactive ketones (excluding diaryl/α,β-unsaturated/α-hetero) is 1. The van der Waals surface area contributed by atoms with E-state index >= 15 is 0 Å². The second kappa shape index (κ2) is 7.03. The Kier molecular flexibility index (Phi) is 4.68. The Morgan fingerprint density at radius 1 is 1.14 bits per heavy atom. The number of alkyl halides is 2. The van der Waals surface area contributed by atoms with Gasteiger partial charge < -0.3 is 19.5 Å². The van der Waals surface area contributed by atoms with Gasteiger partial charge in [0.2, 0.25) is 0 Å². The number of rotatable bonds is 4. The van der Waals surface area contributed by atoms with Gasteiger partial charge in [-0.2, -0.15) is 0 Å². The average Bonchev–Trinajstić information content (AvgIpc) is 2.92. The molecule has 28 heavy (non-hydrogen) atoms. The van der Waals surface area contributed by atoms with Gasteiger partial charge in [-0.15, -0.1) is 8.78 Å². The summed E-state index contributed by atoms with van der Waals surface area (Å²) >= 11 is 0. The number of nitrogens with one attached hydrogen (secondary N) is 1. The molecule has 1 unspecified atom stereocenters. The molecule has 4 rings (SSSR count). The number of fused-ring (bicyclic) bond motifs is 3. The van der Waals surface area contributed by atoms with E-state index < -0.39 is 24.8 Å². The SMILES string of the molecule is O=C(COC(=O)C1C[C@H]2CCC[C@@H](C1)C2=O)Nc1ccc2c(c1)OC(F)(F)O2. The minimum atomic E-state index is -3.74.